The van der Waals surface area contributed by atoms with Crippen molar-refractivity contribution < 1.29 is 4.74 Å². The van der Waals surface area contributed by atoms with Crippen LogP contribution in [0.25, 0.3) is 10.9 Å². The van der Waals surface area contributed by atoms with E-state index in [1.54, 1.807) is 6.08 Å². The van der Waals surface area contributed by atoms with Gasteiger partial charge >= 0.3 is 0 Å². The minimum absolute atomic E-state index is 0.133. The zero-order chi connectivity index (χ0) is 14.1. The molecular weight excluding hydrogens is 276 g/mol. The van der Waals surface area contributed by atoms with E-state index in [1.165, 1.54) is 0 Å². The lowest BCUT2D eigenvalue weighted by molar-refractivity contribution is 0.243. The van der Waals surface area contributed by atoms with Crippen LogP contribution in [-0.2, 0) is 0 Å². The van der Waals surface area contributed by atoms with Crippen molar-refractivity contribution >= 4 is 28.2 Å². The van der Waals surface area contributed by atoms with Crippen LogP contribution >= 0.6 is 11.6 Å². The molecule has 0 aliphatic carbocycles. The predicted octanol–water partition coefficient (Wildman–Crippen LogP) is 2.78. The molecule has 0 amide bonds. The van der Waals surface area contributed by atoms with Gasteiger partial charge in [-0.25, -0.2) is 0 Å². The number of aromatic amines is 1. The lowest BCUT2D eigenvalue weighted by atomic mass is 10.1. The second kappa shape index (κ2) is 5.17. The van der Waals surface area contributed by atoms with Crippen LogP contribution in [0.5, 0.6) is 5.75 Å². The Kier molecular flexibility index (Phi) is 3.36. The predicted molar refractivity (Wildman–Crippen MR) is 80.3 cm³/mol. The van der Waals surface area contributed by atoms with Gasteiger partial charge in [0.2, 0.25) is 0 Å². The Hall–Kier alpha value is -2.01. The van der Waals surface area contributed by atoms with E-state index in [2.05, 4.69) is 20.5 Å². The number of rotatable bonds is 3. The average Bonchev–Trinajstić information content (AvgIpc) is 2.81. The molecule has 0 spiro atoms. The maximum absolute atomic E-state index is 5.99. The van der Waals surface area contributed by atoms with Gasteiger partial charge in [0.25, 0.3) is 0 Å². The summed E-state index contributed by atoms with van der Waals surface area (Å²) in [6, 6.07) is 5.86. The van der Waals surface area contributed by atoms with Gasteiger partial charge in [0.1, 0.15) is 23.3 Å². The van der Waals surface area contributed by atoms with Crippen LogP contribution in [0.1, 0.15) is 19.5 Å². The summed E-state index contributed by atoms with van der Waals surface area (Å²) in [6.45, 7) is 4.46. The zero-order valence-corrected chi connectivity index (χ0v) is 12.0. The van der Waals surface area contributed by atoms with Crippen molar-refractivity contribution in [2.45, 2.75) is 20.0 Å². The number of benzene rings is 1. The number of aromatic nitrogens is 2. The van der Waals surface area contributed by atoms with E-state index >= 15 is 0 Å². The van der Waals surface area contributed by atoms with E-state index in [0.29, 0.717) is 11.8 Å². The van der Waals surface area contributed by atoms with Crippen LogP contribution in [0, 0.1) is 0 Å². The van der Waals surface area contributed by atoms with E-state index in [4.69, 9.17) is 16.3 Å². The zero-order valence-electron chi connectivity index (χ0n) is 11.3. The highest BCUT2D eigenvalue weighted by molar-refractivity contribution is 6.32. The van der Waals surface area contributed by atoms with Gasteiger partial charge in [-0.1, -0.05) is 11.6 Å². The maximum Gasteiger partial charge on any atom is 0.120 e. The Bertz CT molecular complexity index is 702. The highest BCUT2D eigenvalue weighted by atomic mass is 35.5. The van der Waals surface area contributed by atoms with Crippen molar-refractivity contribution in [1.29, 1.82) is 0 Å². The van der Waals surface area contributed by atoms with Crippen LogP contribution in [0.15, 0.2) is 34.4 Å². The summed E-state index contributed by atoms with van der Waals surface area (Å²) in [7, 11) is 0. The fourth-order valence-corrected chi connectivity index (χ4v) is 2.26. The molecule has 1 aromatic heterocycles. The Morgan fingerprint density at radius 3 is 2.95 bits per heavy atom. The average molecular weight is 291 g/mol. The third-order valence-electron chi connectivity index (χ3n) is 2.91. The second-order valence-electron chi connectivity index (χ2n) is 4.82. The number of ether oxygens (including phenoxy) is 1. The molecule has 0 radical (unpaired) electrons. The van der Waals surface area contributed by atoms with Gasteiger partial charge in [0.15, 0.2) is 0 Å². The summed E-state index contributed by atoms with van der Waals surface area (Å²) in [5, 5.41) is 11.8. The number of nitrogens with one attached hydrogen (secondary N) is 2. The summed E-state index contributed by atoms with van der Waals surface area (Å²) >= 11 is 5.99. The molecule has 0 unspecified atom stereocenters. The molecular formula is C14H15ClN4O. The molecule has 2 aromatic rings. The van der Waals surface area contributed by atoms with Gasteiger partial charge in [0.05, 0.1) is 17.3 Å². The SMILES string of the molecule is CC(C)Oc1ccc2[nH]nc(C3=NCNC(Cl)=C3)c2c1. The first-order valence-electron chi connectivity index (χ1n) is 6.44. The molecule has 1 aromatic carbocycles. The van der Waals surface area contributed by atoms with Crippen LogP contribution in [-0.4, -0.2) is 28.7 Å². The standard InChI is InChI=1S/C14H15ClN4O/c1-8(2)20-9-3-4-11-10(5-9)14(19-18-11)12-6-13(15)17-7-16-12/h3-6,8,17H,7H2,1-2H3,(H,18,19). The monoisotopic (exact) mass is 290 g/mol. The van der Waals surface area contributed by atoms with Gasteiger partial charge < -0.3 is 10.1 Å². The van der Waals surface area contributed by atoms with Gasteiger partial charge in [-0.15, -0.1) is 0 Å². The Labute approximate surface area is 121 Å². The summed E-state index contributed by atoms with van der Waals surface area (Å²) in [5.74, 6) is 0.819. The van der Waals surface area contributed by atoms with Crippen molar-refractivity contribution in [3.63, 3.8) is 0 Å². The molecule has 5 nitrogen and oxygen atoms in total. The minimum Gasteiger partial charge on any atom is -0.491 e. The molecule has 1 aliphatic rings. The lowest BCUT2D eigenvalue weighted by Gasteiger charge is -2.11. The third-order valence-corrected chi connectivity index (χ3v) is 3.15. The van der Waals surface area contributed by atoms with Crippen molar-refractivity contribution in [3.8, 4) is 5.75 Å². The van der Waals surface area contributed by atoms with E-state index in [1.807, 2.05) is 32.0 Å². The lowest BCUT2D eigenvalue weighted by Crippen LogP contribution is -2.18. The van der Waals surface area contributed by atoms with Crippen molar-refractivity contribution in [2.75, 3.05) is 6.67 Å². The van der Waals surface area contributed by atoms with Crippen molar-refractivity contribution in [1.82, 2.24) is 15.5 Å². The summed E-state index contributed by atoms with van der Waals surface area (Å²) < 4.78 is 5.72. The Morgan fingerprint density at radius 1 is 1.35 bits per heavy atom. The molecule has 0 fully saturated rings. The van der Waals surface area contributed by atoms with Crippen molar-refractivity contribution in [2.24, 2.45) is 4.99 Å². The molecule has 0 saturated carbocycles. The van der Waals surface area contributed by atoms with E-state index in [0.717, 1.165) is 28.1 Å². The quantitative estimate of drug-likeness (QED) is 0.855. The molecule has 0 atom stereocenters. The topological polar surface area (TPSA) is 62.3 Å². The fraction of sp³-hybridized carbons (Fsp3) is 0.286. The van der Waals surface area contributed by atoms with Crippen molar-refractivity contribution in [3.05, 3.63) is 35.1 Å². The number of allylic oxidation sites excluding steroid dienone is 1. The number of halogens is 1. The van der Waals surface area contributed by atoms with E-state index in [-0.39, 0.29) is 6.10 Å². The molecule has 104 valence electrons. The smallest absolute Gasteiger partial charge is 0.120 e. The summed E-state index contributed by atoms with van der Waals surface area (Å²) in [4.78, 5) is 4.38. The number of nitrogens with zero attached hydrogens (tertiary/aromatic N) is 2. The summed E-state index contributed by atoms with van der Waals surface area (Å²) in [5.41, 5.74) is 2.50. The Morgan fingerprint density at radius 2 is 2.20 bits per heavy atom. The van der Waals surface area contributed by atoms with Crippen LogP contribution < -0.4 is 10.1 Å². The van der Waals surface area contributed by atoms with E-state index in [9.17, 15) is 0 Å². The molecule has 0 bridgehead atoms. The Balaban J connectivity index is 2.05. The molecule has 2 heterocycles. The first-order chi connectivity index (χ1) is 9.63. The minimum atomic E-state index is 0.133. The largest absolute Gasteiger partial charge is 0.491 e. The second-order valence-corrected chi connectivity index (χ2v) is 5.22. The number of aliphatic imine (C=N–C) groups is 1. The van der Waals surface area contributed by atoms with Gasteiger partial charge in [0, 0.05) is 11.5 Å². The number of H-pyrrole nitrogens is 1. The molecule has 20 heavy (non-hydrogen) atoms. The van der Waals surface area contributed by atoms with Gasteiger partial charge in [-0.2, -0.15) is 5.10 Å². The molecule has 3 rings (SSSR count). The molecule has 0 saturated heterocycles. The number of fused-ring (bicyclic) bond motifs is 1. The number of hydrogen-bond acceptors (Lipinski definition) is 4. The molecule has 6 heteroatoms. The molecule has 1 aliphatic heterocycles. The normalized spacial score (nSPS) is 15.0. The van der Waals surface area contributed by atoms with Gasteiger partial charge in [-0.3, -0.25) is 10.1 Å². The first-order valence-corrected chi connectivity index (χ1v) is 6.82. The molecule has 2 N–H and O–H groups in total. The number of hydrogen-bond donors (Lipinski definition) is 2. The highest BCUT2D eigenvalue weighted by Crippen LogP contribution is 2.24. The van der Waals surface area contributed by atoms with Gasteiger partial charge in [-0.05, 0) is 32.0 Å². The highest BCUT2D eigenvalue weighted by Gasteiger charge is 2.14. The van der Waals surface area contributed by atoms with Crippen LogP contribution in [0.2, 0.25) is 0 Å². The first kappa shape index (κ1) is 13.0. The third kappa shape index (κ3) is 2.49. The maximum atomic E-state index is 5.99. The summed E-state index contributed by atoms with van der Waals surface area (Å²) in [6.07, 6.45) is 1.91. The fourth-order valence-electron chi connectivity index (χ4n) is 2.09. The van der Waals surface area contributed by atoms with Crippen LogP contribution in [0.3, 0.4) is 0 Å². The van der Waals surface area contributed by atoms with Crippen LogP contribution in [0.4, 0.5) is 0 Å². The van der Waals surface area contributed by atoms with E-state index < -0.39 is 0 Å².